The van der Waals surface area contributed by atoms with Gasteiger partial charge in [-0.2, -0.15) is 0 Å². The quantitative estimate of drug-likeness (QED) is 0.585. The Hall–Kier alpha value is -1.46. The number of halogens is 1. The van der Waals surface area contributed by atoms with Crippen molar-refractivity contribution in [3.8, 4) is 5.75 Å². The first-order chi connectivity index (χ1) is 11.7. The molecule has 1 saturated heterocycles. The van der Waals surface area contributed by atoms with Gasteiger partial charge in [0.05, 0.1) is 7.11 Å². The molecule has 1 aromatic rings. The van der Waals surface area contributed by atoms with E-state index in [2.05, 4.69) is 27.4 Å². The van der Waals surface area contributed by atoms with Gasteiger partial charge in [-0.25, -0.2) is 0 Å². The number of hydrogen-bond acceptors (Lipinski definition) is 3. The highest BCUT2D eigenvalue weighted by Gasteiger charge is 2.22. The zero-order chi connectivity index (χ0) is 17.4. The van der Waals surface area contributed by atoms with Crippen LogP contribution in [0.4, 0.5) is 0 Å². The maximum Gasteiger partial charge on any atom is 0.191 e. The number of likely N-dealkylation sites (N-methyl/N-ethyl adjacent to an activating group) is 1. The van der Waals surface area contributed by atoms with Gasteiger partial charge in [-0.1, -0.05) is 24.6 Å². The van der Waals surface area contributed by atoms with Crippen LogP contribution >= 0.6 is 11.6 Å². The number of guanidine groups is 1. The maximum absolute atomic E-state index is 6.28. The van der Waals surface area contributed by atoms with Crippen molar-refractivity contribution in [2.24, 2.45) is 4.99 Å². The molecule has 0 aromatic heterocycles. The molecule has 24 heavy (non-hydrogen) atoms. The van der Waals surface area contributed by atoms with E-state index in [0.29, 0.717) is 6.04 Å². The Bertz CT molecular complexity index is 550. The molecule has 6 heteroatoms. The van der Waals surface area contributed by atoms with Gasteiger partial charge in [0.1, 0.15) is 5.75 Å². The lowest BCUT2D eigenvalue weighted by Gasteiger charge is -2.24. The fourth-order valence-electron chi connectivity index (χ4n) is 3.15. The summed E-state index contributed by atoms with van der Waals surface area (Å²) in [6.07, 6.45) is 3.40. The minimum Gasteiger partial charge on any atom is -0.497 e. The van der Waals surface area contributed by atoms with Crippen LogP contribution in [0.2, 0.25) is 5.02 Å². The SMILES string of the molecule is CCN1CCCC1CNC(=NC)NCCc1ccc(OC)cc1Cl. The number of nitrogens with one attached hydrogen (secondary N) is 2. The molecule has 1 unspecified atom stereocenters. The Balaban J connectivity index is 1.75. The van der Waals surface area contributed by atoms with Crippen molar-refractivity contribution in [2.75, 3.05) is 40.3 Å². The predicted octanol–water partition coefficient (Wildman–Crippen LogP) is 2.54. The van der Waals surface area contributed by atoms with Gasteiger partial charge < -0.3 is 15.4 Å². The number of methoxy groups -OCH3 is 1. The first kappa shape index (κ1) is 18.9. The van der Waals surface area contributed by atoms with Gasteiger partial charge in [-0.3, -0.25) is 9.89 Å². The molecule has 1 heterocycles. The Morgan fingerprint density at radius 3 is 2.92 bits per heavy atom. The highest BCUT2D eigenvalue weighted by atomic mass is 35.5. The van der Waals surface area contributed by atoms with E-state index in [1.54, 1.807) is 7.11 Å². The second-order valence-electron chi connectivity index (χ2n) is 6.01. The van der Waals surface area contributed by atoms with Crippen molar-refractivity contribution in [1.29, 1.82) is 0 Å². The fraction of sp³-hybridized carbons (Fsp3) is 0.611. The molecule has 0 saturated carbocycles. The Morgan fingerprint density at radius 1 is 1.42 bits per heavy atom. The van der Waals surface area contributed by atoms with E-state index in [9.17, 15) is 0 Å². The molecule has 1 aliphatic heterocycles. The van der Waals surface area contributed by atoms with Crippen molar-refractivity contribution < 1.29 is 4.74 Å². The average Bonchev–Trinajstić information content (AvgIpc) is 3.06. The molecule has 134 valence electrons. The number of ether oxygens (including phenoxy) is 1. The molecule has 1 aromatic carbocycles. The van der Waals surface area contributed by atoms with Crippen molar-refractivity contribution in [1.82, 2.24) is 15.5 Å². The monoisotopic (exact) mass is 352 g/mol. The summed E-state index contributed by atoms with van der Waals surface area (Å²) in [5, 5.41) is 7.54. The summed E-state index contributed by atoms with van der Waals surface area (Å²) in [5.74, 6) is 1.63. The smallest absolute Gasteiger partial charge is 0.191 e. The van der Waals surface area contributed by atoms with E-state index in [1.807, 2.05) is 25.2 Å². The van der Waals surface area contributed by atoms with E-state index in [4.69, 9.17) is 16.3 Å². The van der Waals surface area contributed by atoms with Crippen LogP contribution in [0.25, 0.3) is 0 Å². The molecule has 0 bridgehead atoms. The third kappa shape index (κ3) is 5.28. The van der Waals surface area contributed by atoms with Gasteiger partial charge in [0.2, 0.25) is 0 Å². The standard InChI is InChI=1S/C18H29ClN4O/c1-4-23-11-5-6-15(23)13-22-18(20-2)21-10-9-14-7-8-16(24-3)12-17(14)19/h7-8,12,15H,4-6,9-11,13H2,1-3H3,(H2,20,21,22). The van der Waals surface area contributed by atoms with Crippen LogP contribution in [0, 0.1) is 0 Å². The molecule has 2 N–H and O–H groups in total. The Morgan fingerprint density at radius 2 is 2.25 bits per heavy atom. The number of hydrogen-bond donors (Lipinski definition) is 2. The summed E-state index contributed by atoms with van der Waals surface area (Å²) in [7, 11) is 3.45. The maximum atomic E-state index is 6.28. The van der Waals surface area contributed by atoms with Gasteiger partial charge in [-0.15, -0.1) is 0 Å². The summed E-state index contributed by atoms with van der Waals surface area (Å²) in [6, 6.07) is 6.41. The van der Waals surface area contributed by atoms with Gasteiger partial charge >= 0.3 is 0 Å². The molecule has 0 spiro atoms. The van der Waals surface area contributed by atoms with Gasteiger partial charge in [0.25, 0.3) is 0 Å². The zero-order valence-corrected chi connectivity index (χ0v) is 15.7. The number of nitrogens with zero attached hydrogens (tertiary/aromatic N) is 2. The topological polar surface area (TPSA) is 48.9 Å². The van der Waals surface area contributed by atoms with E-state index < -0.39 is 0 Å². The minimum atomic E-state index is 0.615. The van der Waals surface area contributed by atoms with Crippen LogP contribution < -0.4 is 15.4 Å². The average molecular weight is 353 g/mol. The molecule has 5 nitrogen and oxygen atoms in total. The molecule has 0 amide bonds. The van der Waals surface area contributed by atoms with Crippen LogP contribution in [-0.2, 0) is 6.42 Å². The van der Waals surface area contributed by atoms with E-state index in [-0.39, 0.29) is 0 Å². The summed E-state index contributed by atoms with van der Waals surface area (Å²) < 4.78 is 5.18. The van der Waals surface area contributed by atoms with Crippen LogP contribution in [-0.4, -0.2) is 57.2 Å². The number of rotatable bonds is 7. The van der Waals surface area contributed by atoms with Crippen molar-refractivity contribution in [2.45, 2.75) is 32.2 Å². The summed E-state index contributed by atoms with van der Waals surface area (Å²) in [4.78, 5) is 6.83. The number of benzene rings is 1. The zero-order valence-electron chi connectivity index (χ0n) is 14.9. The van der Waals surface area contributed by atoms with Gasteiger partial charge in [0.15, 0.2) is 5.96 Å². The van der Waals surface area contributed by atoms with E-state index >= 15 is 0 Å². The van der Waals surface area contributed by atoms with Gasteiger partial charge in [0, 0.05) is 31.2 Å². The molecule has 0 radical (unpaired) electrons. The number of likely N-dealkylation sites (tertiary alicyclic amines) is 1. The summed E-state index contributed by atoms with van der Waals surface area (Å²) in [6.45, 7) is 6.29. The highest BCUT2D eigenvalue weighted by molar-refractivity contribution is 6.31. The molecule has 1 atom stereocenters. The van der Waals surface area contributed by atoms with Crippen LogP contribution in [0.1, 0.15) is 25.3 Å². The molecular weight excluding hydrogens is 324 g/mol. The van der Waals surface area contributed by atoms with Crippen LogP contribution in [0.5, 0.6) is 5.75 Å². The second-order valence-corrected chi connectivity index (χ2v) is 6.42. The normalized spacial score (nSPS) is 18.7. The fourth-order valence-corrected chi connectivity index (χ4v) is 3.42. The van der Waals surface area contributed by atoms with Crippen molar-refractivity contribution >= 4 is 17.6 Å². The summed E-state index contributed by atoms with van der Waals surface area (Å²) >= 11 is 6.28. The highest BCUT2D eigenvalue weighted by Crippen LogP contribution is 2.22. The predicted molar refractivity (Wildman–Crippen MR) is 101 cm³/mol. The van der Waals surface area contributed by atoms with E-state index in [1.165, 1.54) is 19.4 Å². The van der Waals surface area contributed by atoms with E-state index in [0.717, 1.165) is 48.4 Å². The molecular formula is C18H29ClN4O. The third-order valence-electron chi connectivity index (χ3n) is 4.58. The molecule has 1 fully saturated rings. The molecule has 0 aliphatic carbocycles. The Labute approximate surface area is 150 Å². The Kier molecular flexibility index (Phi) is 7.66. The second kappa shape index (κ2) is 9.74. The third-order valence-corrected chi connectivity index (χ3v) is 4.93. The van der Waals surface area contributed by atoms with Crippen molar-refractivity contribution in [3.63, 3.8) is 0 Å². The lowest BCUT2D eigenvalue weighted by atomic mass is 10.1. The largest absolute Gasteiger partial charge is 0.497 e. The molecule has 1 aliphatic rings. The lowest BCUT2D eigenvalue weighted by molar-refractivity contribution is 0.267. The number of aliphatic imine (C=N–C) groups is 1. The van der Waals surface area contributed by atoms with Crippen molar-refractivity contribution in [3.05, 3.63) is 28.8 Å². The summed E-state index contributed by atoms with van der Waals surface area (Å²) in [5.41, 5.74) is 1.10. The minimum absolute atomic E-state index is 0.615. The first-order valence-corrected chi connectivity index (χ1v) is 9.06. The van der Waals surface area contributed by atoms with Crippen LogP contribution in [0.3, 0.4) is 0 Å². The first-order valence-electron chi connectivity index (χ1n) is 8.69. The molecule has 2 rings (SSSR count). The van der Waals surface area contributed by atoms with Gasteiger partial charge in [-0.05, 0) is 50.0 Å². The van der Waals surface area contributed by atoms with Crippen LogP contribution in [0.15, 0.2) is 23.2 Å². The lowest BCUT2D eigenvalue weighted by Crippen LogP contribution is -2.45.